The Bertz CT molecular complexity index is 816. The van der Waals surface area contributed by atoms with Gasteiger partial charge in [0.25, 0.3) is 0 Å². The fourth-order valence-corrected chi connectivity index (χ4v) is 2.44. The second-order valence-corrected chi connectivity index (χ2v) is 4.78. The van der Waals surface area contributed by atoms with Crippen molar-refractivity contribution < 1.29 is 9.47 Å². The van der Waals surface area contributed by atoms with Crippen LogP contribution in [0, 0.1) is 0 Å². The summed E-state index contributed by atoms with van der Waals surface area (Å²) in [6.45, 7) is 0.536. The fourth-order valence-electron chi connectivity index (χ4n) is 2.44. The standard InChI is InChI=1S/C15H13N5O2/c16-7-12-15(10-2-1-5-17-8-10)20(19-18-12)11-3-4-13-14(6-11)22-9-21-13/h1-6,8H,7,9,16H2. The second-order valence-electron chi connectivity index (χ2n) is 4.78. The number of aromatic nitrogens is 4. The molecule has 0 bridgehead atoms. The smallest absolute Gasteiger partial charge is 0.231 e. The Morgan fingerprint density at radius 2 is 2.09 bits per heavy atom. The number of hydrogen-bond donors (Lipinski definition) is 1. The molecule has 1 aromatic carbocycles. The lowest BCUT2D eigenvalue weighted by Crippen LogP contribution is -2.02. The van der Waals surface area contributed by atoms with E-state index in [1.54, 1.807) is 17.1 Å². The Hall–Kier alpha value is -2.93. The van der Waals surface area contributed by atoms with Crippen molar-refractivity contribution in [1.82, 2.24) is 20.0 Å². The zero-order valence-electron chi connectivity index (χ0n) is 11.6. The number of nitrogens with zero attached hydrogens (tertiary/aromatic N) is 4. The molecule has 0 unspecified atom stereocenters. The minimum Gasteiger partial charge on any atom is -0.454 e. The van der Waals surface area contributed by atoms with Gasteiger partial charge in [0, 0.05) is 30.6 Å². The molecule has 7 heteroatoms. The minimum atomic E-state index is 0.236. The fraction of sp³-hybridized carbons (Fsp3) is 0.133. The summed E-state index contributed by atoms with van der Waals surface area (Å²) in [6, 6.07) is 9.45. The number of nitrogens with two attached hydrogens (primary N) is 1. The third-order valence-corrected chi connectivity index (χ3v) is 3.47. The first-order chi connectivity index (χ1) is 10.9. The van der Waals surface area contributed by atoms with E-state index in [4.69, 9.17) is 15.2 Å². The summed E-state index contributed by atoms with van der Waals surface area (Å²) in [5.41, 5.74) is 9.07. The molecule has 0 saturated heterocycles. The monoisotopic (exact) mass is 295 g/mol. The highest BCUT2D eigenvalue weighted by molar-refractivity contribution is 5.64. The molecular formula is C15H13N5O2. The van der Waals surface area contributed by atoms with Crippen molar-refractivity contribution in [3.05, 3.63) is 48.4 Å². The van der Waals surface area contributed by atoms with Gasteiger partial charge in [0.05, 0.1) is 5.69 Å². The predicted molar refractivity (Wildman–Crippen MR) is 78.6 cm³/mol. The van der Waals surface area contributed by atoms with Crippen molar-refractivity contribution in [2.24, 2.45) is 5.73 Å². The molecule has 2 N–H and O–H groups in total. The quantitative estimate of drug-likeness (QED) is 0.788. The topological polar surface area (TPSA) is 88.1 Å². The number of fused-ring (bicyclic) bond motifs is 1. The van der Waals surface area contributed by atoms with Crippen molar-refractivity contribution in [2.75, 3.05) is 6.79 Å². The summed E-state index contributed by atoms with van der Waals surface area (Å²) < 4.78 is 12.5. The third kappa shape index (κ3) is 1.99. The van der Waals surface area contributed by atoms with Gasteiger partial charge in [-0.1, -0.05) is 5.21 Å². The highest BCUT2D eigenvalue weighted by atomic mass is 16.7. The van der Waals surface area contributed by atoms with Crippen LogP contribution < -0.4 is 15.2 Å². The maximum atomic E-state index is 5.79. The van der Waals surface area contributed by atoms with Crippen molar-refractivity contribution in [3.8, 4) is 28.4 Å². The van der Waals surface area contributed by atoms with Gasteiger partial charge < -0.3 is 15.2 Å². The van der Waals surface area contributed by atoms with Crippen LogP contribution >= 0.6 is 0 Å². The van der Waals surface area contributed by atoms with E-state index >= 15 is 0 Å². The molecule has 3 heterocycles. The zero-order chi connectivity index (χ0) is 14.9. The van der Waals surface area contributed by atoms with Gasteiger partial charge in [-0.3, -0.25) is 4.98 Å². The number of ether oxygens (including phenoxy) is 2. The van der Waals surface area contributed by atoms with E-state index < -0.39 is 0 Å². The van der Waals surface area contributed by atoms with Crippen LogP contribution in [0.25, 0.3) is 16.9 Å². The first-order valence-electron chi connectivity index (χ1n) is 6.82. The lowest BCUT2D eigenvalue weighted by atomic mass is 10.1. The largest absolute Gasteiger partial charge is 0.454 e. The lowest BCUT2D eigenvalue weighted by molar-refractivity contribution is 0.174. The molecular weight excluding hydrogens is 282 g/mol. The maximum absolute atomic E-state index is 5.79. The van der Waals surface area contributed by atoms with Crippen LogP contribution in [-0.4, -0.2) is 26.8 Å². The van der Waals surface area contributed by atoms with E-state index in [0.29, 0.717) is 18.0 Å². The molecule has 0 radical (unpaired) electrons. The van der Waals surface area contributed by atoms with Gasteiger partial charge in [0.15, 0.2) is 11.5 Å². The molecule has 0 amide bonds. The Morgan fingerprint density at radius 1 is 1.18 bits per heavy atom. The summed E-state index contributed by atoms with van der Waals surface area (Å²) in [5.74, 6) is 1.42. The summed E-state index contributed by atoms with van der Waals surface area (Å²) in [5, 5.41) is 8.39. The highest BCUT2D eigenvalue weighted by Gasteiger charge is 2.19. The highest BCUT2D eigenvalue weighted by Crippen LogP contribution is 2.34. The van der Waals surface area contributed by atoms with E-state index in [-0.39, 0.29) is 6.79 Å². The molecule has 0 spiro atoms. The second kappa shape index (κ2) is 5.12. The molecule has 0 saturated carbocycles. The average molecular weight is 295 g/mol. The van der Waals surface area contributed by atoms with Gasteiger partial charge >= 0.3 is 0 Å². The van der Waals surface area contributed by atoms with E-state index in [0.717, 1.165) is 22.7 Å². The van der Waals surface area contributed by atoms with Gasteiger partial charge in [0.1, 0.15) is 11.4 Å². The number of benzene rings is 1. The van der Waals surface area contributed by atoms with E-state index in [2.05, 4.69) is 15.3 Å². The normalized spacial score (nSPS) is 12.6. The van der Waals surface area contributed by atoms with Crippen molar-refractivity contribution in [2.45, 2.75) is 6.54 Å². The van der Waals surface area contributed by atoms with Crippen LogP contribution in [0.3, 0.4) is 0 Å². The molecule has 1 aliphatic heterocycles. The van der Waals surface area contributed by atoms with E-state index in [1.807, 2.05) is 30.3 Å². The van der Waals surface area contributed by atoms with Crippen molar-refractivity contribution in [3.63, 3.8) is 0 Å². The first-order valence-corrected chi connectivity index (χ1v) is 6.82. The molecule has 4 rings (SSSR count). The number of hydrogen-bond acceptors (Lipinski definition) is 6. The van der Waals surface area contributed by atoms with Crippen LogP contribution in [0.1, 0.15) is 5.69 Å². The molecule has 3 aromatic rings. The molecule has 110 valence electrons. The van der Waals surface area contributed by atoms with Gasteiger partial charge in [-0.15, -0.1) is 5.10 Å². The maximum Gasteiger partial charge on any atom is 0.231 e. The molecule has 0 atom stereocenters. The van der Waals surface area contributed by atoms with Crippen LogP contribution in [0.5, 0.6) is 11.5 Å². The summed E-state index contributed by atoms with van der Waals surface area (Å²) >= 11 is 0. The molecule has 22 heavy (non-hydrogen) atoms. The van der Waals surface area contributed by atoms with E-state index in [1.165, 1.54) is 0 Å². The molecule has 0 fully saturated rings. The van der Waals surface area contributed by atoms with Gasteiger partial charge in [-0.25, -0.2) is 4.68 Å². The van der Waals surface area contributed by atoms with Gasteiger partial charge in [-0.05, 0) is 24.3 Å². The first kappa shape index (κ1) is 12.8. The molecule has 1 aliphatic rings. The van der Waals surface area contributed by atoms with Crippen LogP contribution in [0.4, 0.5) is 0 Å². The summed E-state index contributed by atoms with van der Waals surface area (Å²) in [7, 11) is 0. The van der Waals surface area contributed by atoms with Crippen molar-refractivity contribution >= 4 is 0 Å². The van der Waals surface area contributed by atoms with E-state index in [9.17, 15) is 0 Å². The third-order valence-electron chi connectivity index (χ3n) is 3.47. The van der Waals surface area contributed by atoms with Crippen LogP contribution in [0.2, 0.25) is 0 Å². The number of rotatable bonds is 3. The Labute approximate surface area is 126 Å². The Morgan fingerprint density at radius 3 is 2.91 bits per heavy atom. The van der Waals surface area contributed by atoms with Gasteiger partial charge in [-0.2, -0.15) is 0 Å². The zero-order valence-corrected chi connectivity index (χ0v) is 11.6. The summed E-state index contributed by atoms with van der Waals surface area (Å²) in [4.78, 5) is 4.15. The molecule has 0 aliphatic carbocycles. The molecule has 7 nitrogen and oxygen atoms in total. The predicted octanol–water partition coefficient (Wildman–Crippen LogP) is 1.52. The Kier molecular flexibility index (Phi) is 2.97. The van der Waals surface area contributed by atoms with Gasteiger partial charge in [0.2, 0.25) is 6.79 Å². The average Bonchev–Trinajstić information content (AvgIpc) is 3.21. The summed E-state index contributed by atoms with van der Waals surface area (Å²) in [6.07, 6.45) is 3.49. The number of pyridine rings is 1. The lowest BCUT2D eigenvalue weighted by Gasteiger charge is -2.08. The molecule has 2 aromatic heterocycles. The van der Waals surface area contributed by atoms with Crippen LogP contribution in [0.15, 0.2) is 42.7 Å². The SMILES string of the molecule is NCc1nnn(-c2ccc3c(c2)OCO3)c1-c1cccnc1. The Balaban J connectivity index is 1.87. The minimum absolute atomic E-state index is 0.236. The van der Waals surface area contributed by atoms with Crippen molar-refractivity contribution in [1.29, 1.82) is 0 Å². The van der Waals surface area contributed by atoms with Crippen LogP contribution in [-0.2, 0) is 6.54 Å².